The van der Waals surface area contributed by atoms with Gasteiger partial charge in [-0.25, -0.2) is 4.39 Å². The molecule has 1 aromatic heterocycles. The molecule has 2 aromatic rings. The Morgan fingerprint density at radius 1 is 1.03 bits per heavy atom. The average molecular weight is 400 g/mol. The minimum atomic E-state index is -0.261. The lowest BCUT2D eigenvalue weighted by Crippen LogP contribution is -2.44. The van der Waals surface area contributed by atoms with Crippen molar-refractivity contribution in [2.24, 2.45) is 16.5 Å². The molecule has 0 unspecified atom stereocenters. The zero-order valence-electron chi connectivity index (χ0n) is 17.9. The number of fused-ring (bicyclic) bond motifs is 1. The lowest BCUT2D eigenvalue weighted by molar-refractivity contribution is 0.0723. The van der Waals surface area contributed by atoms with Crippen LogP contribution in [-0.2, 0) is 0 Å². The van der Waals surface area contributed by atoms with Crippen molar-refractivity contribution in [1.82, 2.24) is 9.47 Å². The molecule has 0 amide bonds. The summed E-state index contributed by atoms with van der Waals surface area (Å²) in [4.78, 5) is 2.71. The predicted octanol–water partition coefficient (Wildman–Crippen LogP) is 5.83. The number of hydrogen-bond donors (Lipinski definition) is 1. The highest BCUT2D eigenvalue weighted by atomic mass is 19.1. The maximum Gasteiger partial charge on any atom is 0.123 e. The summed E-state index contributed by atoms with van der Waals surface area (Å²) in [7, 11) is 0. The Bertz CT molecular complexity index is 866. The molecular weight excluding hydrogens is 365 g/mol. The molecule has 0 spiro atoms. The second kappa shape index (κ2) is 8.10. The Morgan fingerprint density at radius 3 is 2.34 bits per heavy atom. The summed E-state index contributed by atoms with van der Waals surface area (Å²) in [5, 5.41) is 13.0. The van der Waals surface area contributed by atoms with Crippen molar-refractivity contribution < 1.29 is 9.60 Å². The van der Waals surface area contributed by atoms with Crippen molar-refractivity contribution >= 4 is 17.1 Å². The molecule has 1 aliphatic heterocycles. The van der Waals surface area contributed by atoms with E-state index in [1.165, 1.54) is 44.0 Å². The molecular formula is C24H34FN3O. The van der Waals surface area contributed by atoms with Crippen LogP contribution in [0.3, 0.4) is 0 Å². The van der Waals surface area contributed by atoms with Gasteiger partial charge in [-0.3, -0.25) is 0 Å². The molecule has 0 atom stereocenters. The molecule has 1 N–H and O–H groups in total. The molecule has 2 fully saturated rings. The van der Waals surface area contributed by atoms with E-state index in [0.29, 0.717) is 11.5 Å². The van der Waals surface area contributed by atoms with E-state index >= 15 is 0 Å². The second-order valence-corrected chi connectivity index (χ2v) is 10.0. The van der Waals surface area contributed by atoms with Gasteiger partial charge in [0.05, 0.1) is 6.21 Å². The van der Waals surface area contributed by atoms with Gasteiger partial charge >= 0.3 is 0 Å². The van der Waals surface area contributed by atoms with Crippen LogP contribution < -0.4 is 0 Å². The molecule has 5 heteroatoms. The van der Waals surface area contributed by atoms with Crippen LogP contribution in [0.25, 0.3) is 10.9 Å². The first-order valence-corrected chi connectivity index (χ1v) is 11.1. The normalized spacial score (nSPS) is 25.2. The van der Waals surface area contributed by atoms with E-state index < -0.39 is 0 Å². The Morgan fingerprint density at radius 2 is 1.72 bits per heavy atom. The molecule has 2 aliphatic rings. The molecule has 0 radical (unpaired) electrons. The Hall–Kier alpha value is -1.88. The quantitative estimate of drug-likeness (QED) is 0.401. The van der Waals surface area contributed by atoms with Crippen LogP contribution in [0.15, 0.2) is 29.6 Å². The molecule has 4 rings (SSSR count). The van der Waals surface area contributed by atoms with Gasteiger partial charge in [0.2, 0.25) is 0 Å². The first-order valence-electron chi connectivity index (χ1n) is 11.1. The summed E-state index contributed by atoms with van der Waals surface area (Å²) in [5.74, 6) is 0.595. The van der Waals surface area contributed by atoms with Gasteiger partial charge < -0.3 is 14.7 Å². The van der Waals surface area contributed by atoms with Crippen LogP contribution in [0, 0.1) is 17.2 Å². The Kier molecular flexibility index (Phi) is 5.69. The van der Waals surface area contributed by atoms with Gasteiger partial charge in [0, 0.05) is 47.8 Å². The summed E-state index contributed by atoms with van der Waals surface area (Å²) in [6.07, 6.45) is 11.0. The van der Waals surface area contributed by atoms with Gasteiger partial charge in [0.15, 0.2) is 0 Å². The third-order valence-electron chi connectivity index (χ3n) is 7.35. The van der Waals surface area contributed by atoms with E-state index in [4.69, 9.17) is 5.21 Å². The fraction of sp³-hybridized carbons (Fsp3) is 0.625. The smallest absolute Gasteiger partial charge is 0.123 e. The van der Waals surface area contributed by atoms with Crippen LogP contribution in [0.4, 0.5) is 4.39 Å². The van der Waals surface area contributed by atoms with Crippen molar-refractivity contribution in [1.29, 1.82) is 0 Å². The second-order valence-electron chi connectivity index (χ2n) is 10.0. The van der Waals surface area contributed by atoms with Gasteiger partial charge in [-0.05, 0) is 68.1 Å². The molecule has 1 saturated heterocycles. The highest BCUT2D eigenvalue weighted by Crippen LogP contribution is 2.40. The van der Waals surface area contributed by atoms with E-state index in [2.05, 4.69) is 35.4 Å². The molecule has 4 nitrogen and oxygen atoms in total. The number of oxime groups is 1. The minimum absolute atomic E-state index is 0.261. The first kappa shape index (κ1) is 20.4. The zero-order valence-corrected chi connectivity index (χ0v) is 17.9. The van der Waals surface area contributed by atoms with E-state index in [1.54, 1.807) is 0 Å². The largest absolute Gasteiger partial charge is 0.411 e. The van der Waals surface area contributed by atoms with Crippen molar-refractivity contribution in [3.05, 3.63) is 35.8 Å². The standard InChI is InChI=1S/C24H34FN3O/c1-24(2,3)18-4-7-20(8-5-18)27-12-10-21(11-13-27)28-16-17(15-26-29)22-14-19(25)6-9-23(22)28/h6,9,14-16,18,20-21,29H,4-5,7-8,10-13H2,1-3H3. The Balaban J connectivity index is 1.43. The van der Waals surface area contributed by atoms with Crippen LogP contribution >= 0.6 is 0 Å². The molecule has 1 aromatic carbocycles. The first-order chi connectivity index (χ1) is 13.9. The van der Waals surface area contributed by atoms with Crippen molar-refractivity contribution in [3.8, 4) is 0 Å². The van der Waals surface area contributed by atoms with Crippen molar-refractivity contribution in [2.45, 2.75) is 71.4 Å². The van der Waals surface area contributed by atoms with Gasteiger partial charge in [0.1, 0.15) is 5.82 Å². The number of nitrogens with zero attached hydrogens (tertiary/aromatic N) is 3. The number of piperidine rings is 1. The summed E-state index contributed by atoms with van der Waals surface area (Å²) >= 11 is 0. The van der Waals surface area contributed by atoms with Crippen LogP contribution in [-0.4, -0.2) is 40.0 Å². The third-order valence-corrected chi connectivity index (χ3v) is 7.35. The average Bonchev–Trinajstić information content (AvgIpc) is 3.05. The predicted molar refractivity (Wildman–Crippen MR) is 116 cm³/mol. The summed E-state index contributed by atoms with van der Waals surface area (Å²) < 4.78 is 16.0. The molecule has 158 valence electrons. The number of hydrogen-bond acceptors (Lipinski definition) is 3. The van der Waals surface area contributed by atoms with E-state index in [9.17, 15) is 4.39 Å². The summed E-state index contributed by atoms with van der Waals surface area (Å²) in [6.45, 7) is 9.39. The lowest BCUT2D eigenvalue weighted by Gasteiger charge is -2.43. The molecule has 2 heterocycles. The summed E-state index contributed by atoms with van der Waals surface area (Å²) in [6, 6.07) is 6.04. The summed E-state index contributed by atoms with van der Waals surface area (Å²) in [5.41, 5.74) is 2.22. The van der Waals surface area contributed by atoms with Gasteiger partial charge in [-0.2, -0.15) is 0 Å². The maximum atomic E-state index is 13.7. The Labute approximate surface area is 173 Å². The minimum Gasteiger partial charge on any atom is -0.411 e. The number of aromatic nitrogens is 1. The van der Waals surface area contributed by atoms with E-state index in [0.717, 1.165) is 54.4 Å². The number of rotatable bonds is 3. The molecule has 0 bridgehead atoms. The monoisotopic (exact) mass is 399 g/mol. The fourth-order valence-corrected chi connectivity index (χ4v) is 5.56. The zero-order chi connectivity index (χ0) is 20.6. The van der Waals surface area contributed by atoms with E-state index in [1.807, 2.05) is 12.3 Å². The molecule has 29 heavy (non-hydrogen) atoms. The number of likely N-dealkylation sites (tertiary alicyclic amines) is 1. The van der Waals surface area contributed by atoms with Gasteiger partial charge in [-0.1, -0.05) is 25.9 Å². The fourth-order valence-electron chi connectivity index (χ4n) is 5.56. The van der Waals surface area contributed by atoms with Crippen LogP contribution in [0.2, 0.25) is 0 Å². The van der Waals surface area contributed by atoms with Gasteiger partial charge in [0.25, 0.3) is 0 Å². The van der Waals surface area contributed by atoms with E-state index in [-0.39, 0.29) is 5.82 Å². The van der Waals surface area contributed by atoms with Crippen molar-refractivity contribution in [2.75, 3.05) is 13.1 Å². The molecule has 1 aliphatic carbocycles. The highest BCUT2D eigenvalue weighted by Gasteiger charge is 2.33. The van der Waals surface area contributed by atoms with Gasteiger partial charge in [-0.15, -0.1) is 0 Å². The lowest BCUT2D eigenvalue weighted by atomic mass is 9.71. The number of halogens is 1. The van der Waals surface area contributed by atoms with Crippen molar-refractivity contribution in [3.63, 3.8) is 0 Å². The highest BCUT2D eigenvalue weighted by molar-refractivity contribution is 5.99. The molecule has 1 saturated carbocycles. The maximum absolute atomic E-state index is 13.7. The van der Waals surface area contributed by atoms with Crippen LogP contribution in [0.1, 0.15) is 70.9 Å². The third kappa shape index (κ3) is 4.20. The SMILES string of the molecule is CC(C)(C)C1CCC(N2CCC(n3cc(C=NO)c4cc(F)ccc43)CC2)CC1. The topological polar surface area (TPSA) is 40.8 Å². The number of benzene rings is 1. The van der Waals surface area contributed by atoms with Crippen LogP contribution in [0.5, 0.6) is 0 Å².